The van der Waals surface area contributed by atoms with Crippen LogP contribution in [-0.4, -0.2) is 19.6 Å². The third kappa shape index (κ3) is 4.74. The van der Waals surface area contributed by atoms with Crippen molar-refractivity contribution in [3.05, 3.63) is 97.3 Å². The van der Waals surface area contributed by atoms with E-state index in [0.717, 1.165) is 23.7 Å². The molecular formula is C29H25BrClNO5. The third-order valence-electron chi connectivity index (χ3n) is 6.45. The van der Waals surface area contributed by atoms with Crippen LogP contribution in [0, 0.1) is 0 Å². The SMILES string of the molecule is CCCCCOc1ccc(C2c3c(oc4ccc(Cl)cc4c3=O)C(=O)N2c2ccc(Br)cc2)cc1OC. The fourth-order valence-corrected chi connectivity index (χ4v) is 5.07. The average molecular weight is 583 g/mol. The van der Waals surface area contributed by atoms with Gasteiger partial charge in [0.1, 0.15) is 5.58 Å². The topological polar surface area (TPSA) is 69.0 Å². The van der Waals surface area contributed by atoms with E-state index in [4.69, 9.17) is 25.5 Å². The molecule has 1 aliphatic rings. The first kappa shape index (κ1) is 25.4. The fourth-order valence-electron chi connectivity index (χ4n) is 4.64. The monoisotopic (exact) mass is 581 g/mol. The van der Waals surface area contributed by atoms with Crippen LogP contribution in [0.2, 0.25) is 5.02 Å². The zero-order chi connectivity index (χ0) is 26.1. The molecule has 37 heavy (non-hydrogen) atoms. The zero-order valence-electron chi connectivity index (χ0n) is 20.4. The van der Waals surface area contributed by atoms with E-state index < -0.39 is 11.9 Å². The van der Waals surface area contributed by atoms with Crippen LogP contribution in [0.3, 0.4) is 0 Å². The van der Waals surface area contributed by atoms with Crippen LogP contribution >= 0.6 is 27.5 Å². The van der Waals surface area contributed by atoms with Gasteiger partial charge in [0.25, 0.3) is 5.91 Å². The van der Waals surface area contributed by atoms with Gasteiger partial charge in [0.15, 0.2) is 16.9 Å². The Labute approximate surface area is 227 Å². The molecule has 0 aliphatic carbocycles. The van der Waals surface area contributed by atoms with Crippen molar-refractivity contribution >= 4 is 50.1 Å². The van der Waals surface area contributed by atoms with Crippen molar-refractivity contribution in [1.29, 1.82) is 0 Å². The van der Waals surface area contributed by atoms with Gasteiger partial charge in [0, 0.05) is 15.2 Å². The Kier molecular flexibility index (Phi) is 7.26. The van der Waals surface area contributed by atoms with Crippen molar-refractivity contribution in [2.45, 2.75) is 32.2 Å². The van der Waals surface area contributed by atoms with Gasteiger partial charge in [-0.25, -0.2) is 0 Å². The summed E-state index contributed by atoms with van der Waals surface area (Å²) in [5.41, 5.74) is 1.61. The number of anilines is 1. The summed E-state index contributed by atoms with van der Waals surface area (Å²) in [6.07, 6.45) is 3.13. The van der Waals surface area contributed by atoms with Gasteiger partial charge in [-0.05, 0) is 66.6 Å². The maximum Gasteiger partial charge on any atom is 0.295 e. The second-order valence-electron chi connectivity index (χ2n) is 8.83. The number of fused-ring (bicyclic) bond motifs is 2. The number of hydrogen-bond acceptors (Lipinski definition) is 5. The van der Waals surface area contributed by atoms with E-state index in [1.807, 2.05) is 42.5 Å². The second-order valence-corrected chi connectivity index (χ2v) is 10.2. The number of halogens is 2. The summed E-state index contributed by atoms with van der Waals surface area (Å²) < 4.78 is 18.5. The number of rotatable bonds is 8. The fraction of sp³-hybridized carbons (Fsp3) is 0.241. The number of unbranched alkanes of at least 4 members (excludes halogenated alkanes) is 2. The Bertz CT molecular complexity index is 1530. The molecule has 0 saturated carbocycles. The van der Waals surface area contributed by atoms with Gasteiger partial charge in [-0.2, -0.15) is 0 Å². The lowest BCUT2D eigenvalue weighted by Gasteiger charge is -2.26. The van der Waals surface area contributed by atoms with E-state index in [1.165, 1.54) is 0 Å². The number of carbonyl (C=O) groups is 1. The molecule has 5 rings (SSSR count). The maximum atomic E-state index is 13.8. The molecule has 1 atom stereocenters. The lowest BCUT2D eigenvalue weighted by atomic mass is 9.97. The first-order valence-electron chi connectivity index (χ1n) is 12.1. The normalized spacial score (nSPS) is 14.8. The molecular weight excluding hydrogens is 558 g/mol. The minimum Gasteiger partial charge on any atom is -0.493 e. The summed E-state index contributed by atoms with van der Waals surface area (Å²) in [5.74, 6) is 0.764. The van der Waals surface area contributed by atoms with Crippen molar-refractivity contribution in [3.8, 4) is 11.5 Å². The van der Waals surface area contributed by atoms with Crippen molar-refractivity contribution in [2.75, 3.05) is 18.6 Å². The third-order valence-corrected chi connectivity index (χ3v) is 7.21. The van der Waals surface area contributed by atoms with E-state index >= 15 is 0 Å². The van der Waals surface area contributed by atoms with Gasteiger partial charge >= 0.3 is 0 Å². The van der Waals surface area contributed by atoms with Gasteiger partial charge in [-0.15, -0.1) is 0 Å². The van der Waals surface area contributed by atoms with Crippen molar-refractivity contribution in [2.24, 2.45) is 0 Å². The smallest absolute Gasteiger partial charge is 0.295 e. The molecule has 1 amide bonds. The maximum absolute atomic E-state index is 13.8. The Morgan fingerprint density at radius 1 is 1.00 bits per heavy atom. The highest BCUT2D eigenvalue weighted by Crippen LogP contribution is 2.43. The Morgan fingerprint density at radius 2 is 1.78 bits per heavy atom. The molecule has 0 bridgehead atoms. The van der Waals surface area contributed by atoms with E-state index in [0.29, 0.717) is 45.3 Å². The molecule has 1 aliphatic heterocycles. The lowest BCUT2D eigenvalue weighted by molar-refractivity contribution is 0.0971. The molecule has 4 aromatic rings. The number of amides is 1. The minimum absolute atomic E-state index is 0.0200. The van der Waals surface area contributed by atoms with E-state index in [2.05, 4.69) is 22.9 Å². The van der Waals surface area contributed by atoms with Crippen LogP contribution in [0.15, 0.2) is 74.3 Å². The Balaban J connectivity index is 1.67. The van der Waals surface area contributed by atoms with Crippen LogP contribution in [0.1, 0.15) is 53.9 Å². The number of hydrogen-bond donors (Lipinski definition) is 0. The largest absolute Gasteiger partial charge is 0.493 e. The highest BCUT2D eigenvalue weighted by Gasteiger charge is 2.44. The molecule has 0 spiro atoms. The Morgan fingerprint density at radius 3 is 2.51 bits per heavy atom. The molecule has 1 unspecified atom stereocenters. The van der Waals surface area contributed by atoms with Crippen LogP contribution in [-0.2, 0) is 0 Å². The number of nitrogens with zero attached hydrogens (tertiary/aromatic N) is 1. The summed E-state index contributed by atoms with van der Waals surface area (Å²) in [6, 6.07) is 16.9. The highest BCUT2D eigenvalue weighted by molar-refractivity contribution is 9.10. The molecule has 0 fully saturated rings. The Hall–Kier alpha value is -3.29. The van der Waals surface area contributed by atoms with Crippen molar-refractivity contribution < 1.29 is 18.7 Å². The molecule has 6 nitrogen and oxygen atoms in total. The summed E-state index contributed by atoms with van der Waals surface area (Å²) >= 11 is 9.64. The molecule has 1 aromatic heterocycles. The second kappa shape index (κ2) is 10.6. The van der Waals surface area contributed by atoms with Gasteiger partial charge in [-0.3, -0.25) is 14.5 Å². The van der Waals surface area contributed by atoms with Crippen molar-refractivity contribution in [3.63, 3.8) is 0 Å². The lowest BCUT2D eigenvalue weighted by Crippen LogP contribution is -2.29. The van der Waals surface area contributed by atoms with Gasteiger partial charge < -0.3 is 13.9 Å². The van der Waals surface area contributed by atoms with E-state index in [1.54, 1.807) is 30.2 Å². The molecule has 0 N–H and O–H groups in total. The summed E-state index contributed by atoms with van der Waals surface area (Å²) in [5, 5.41) is 0.737. The summed E-state index contributed by atoms with van der Waals surface area (Å²) in [4.78, 5) is 29.1. The van der Waals surface area contributed by atoms with Gasteiger partial charge in [0.2, 0.25) is 5.76 Å². The quantitative estimate of drug-likeness (QED) is 0.201. The summed E-state index contributed by atoms with van der Waals surface area (Å²) in [7, 11) is 1.57. The zero-order valence-corrected chi connectivity index (χ0v) is 22.8. The van der Waals surface area contributed by atoms with Crippen molar-refractivity contribution in [1.82, 2.24) is 0 Å². The van der Waals surface area contributed by atoms with Crippen LogP contribution in [0.4, 0.5) is 5.69 Å². The van der Waals surface area contributed by atoms with Crippen LogP contribution < -0.4 is 19.8 Å². The van der Waals surface area contributed by atoms with E-state index in [9.17, 15) is 9.59 Å². The van der Waals surface area contributed by atoms with Gasteiger partial charge in [-0.1, -0.05) is 53.4 Å². The van der Waals surface area contributed by atoms with Crippen LogP contribution in [0.5, 0.6) is 11.5 Å². The average Bonchev–Trinajstić information content (AvgIpc) is 3.20. The molecule has 190 valence electrons. The number of carbonyl (C=O) groups excluding carboxylic acids is 1. The molecule has 8 heteroatoms. The molecule has 0 saturated heterocycles. The molecule has 0 radical (unpaired) electrons. The minimum atomic E-state index is -0.730. The van der Waals surface area contributed by atoms with E-state index in [-0.39, 0.29) is 16.8 Å². The first-order chi connectivity index (χ1) is 17.9. The predicted octanol–water partition coefficient (Wildman–Crippen LogP) is 7.54. The molecule has 3 aromatic carbocycles. The predicted molar refractivity (Wildman–Crippen MR) is 148 cm³/mol. The van der Waals surface area contributed by atoms with Crippen LogP contribution in [0.25, 0.3) is 11.0 Å². The number of benzene rings is 3. The number of ether oxygens (including phenoxy) is 2. The number of methoxy groups -OCH3 is 1. The first-order valence-corrected chi connectivity index (χ1v) is 13.3. The molecule has 2 heterocycles. The summed E-state index contributed by atoms with van der Waals surface area (Å²) in [6.45, 7) is 2.72. The standard InChI is InChI=1S/C29H25BrClNO5/c1-3-4-5-14-36-23-12-6-17(15-24(23)35-2)26-25-27(33)21-16-19(31)9-13-22(21)37-28(25)29(34)32(26)20-10-7-18(30)8-11-20/h6-13,15-16,26H,3-5,14H2,1-2H3. The van der Waals surface area contributed by atoms with Gasteiger partial charge in [0.05, 0.1) is 30.7 Å². The highest BCUT2D eigenvalue weighted by atomic mass is 79.9.